The molecule has 0 aliphatic rings. The van der Waals surface area contributed by atoms with E-state index in [0.29, 0.717) is 22.6 Å². The smallest absolute Gasteiger partial charge is 0.352 e. The molecule has 0 aromatic heterocycles. The van der Waals surface area contributed by atoms with Gasteiger partial charge in [0, 0.05) is 5.56 Å². The van der Waals surface area contributed by atoms with Crippen LogP contribution in [0.1, 0.15) is 21.5 Å². The lowest BCUT2D eigenvalue weighted by atomic mass is 10.1. The van der Waals surface area contributed by atoms with Crippen molar-refractivity contribution in [3.05, 3.63) is 101 Å². The van der Waals surface area contributed by atoms with Crippen molar-refractivity contribution in [3.63, 3.8) is 0 Å². The summed E-state index contributed by atoms with van der Waals surface area (Å²) in [5, 5.41) is 11.9. The number of ether oxygens (including phenoxy) is 1. The molecular weight excluding hydrogens is 354 g/mol. The zero-order valence-corrected chi connectivity index (χ0v) is 15.3. The Kier molecular flexibility index (Phi) is 5.87. The van der Waals surface area contributed by atoms with Gasteiger partial charge in [0.1, 0.15) is 17.2 Å². The van der Waals surface area contributed by atoms with Crippen molar-refractivity contribution in [2.24, 2.45) is 0 Å². The molecule has 2 N–H and O–H groups in total. The highest BCUT2D eigenvalue weighted by Gasteiger charge is 2.13. The summed E-state index contributed by atoms with van der Waals surface area (Å²) >= 11 is 0. The fourth-order valence-electron chi connectivity index (χ4n) is 2.51. The van der Waals surface area contributed by atoms with Crippen LogP contribution < -0.4 is 10.1 Å². The van der Waals surface area contributed by atoms with Gasteiger partial charge in [-0.05, 0) is 55.0 Å². The highest BCUT2D eigenvalue weighted by atomic mass is 16.5. The summed E-state index contributed by atoms with van der Waals surface area (Å²) in [7, 11) is 0. The standard InChI is InChI=1S/C23H19NO4/c1-16-10-12-19(13-11-16)28-20-9-5-6-17(14-20)15-21(23(26)27)24-22(25)18-7-3-2-4-8-18/h2-15H,1H3,(H,24,25)(H,26,27)/b21-15-. The average molecular weight is 373 g/mol. The minimum atomic E-state index is -1.23. The van der Waals surface area contributed by atoms with Gasteiger partial charge in [0.15, 0.2) is 0 Å². The van der Waals surface area contributed by atoms with Crippen LogP contribution in [-0.4, -0.2) is 17.0 Å². The lowest BCUT2D eigenvalue weighted by Gasteiger charge is -2.08. The normalized spacial score (nSPS) is 11.0. The second-order valence-electron chi connectivity index (χ2n) is 6.17. The summed E-state index contributed by atoms with van der Waals surface area (Å²) in [6, 6.07) is 23.0. The number of carboxylic acid groups (broad SMARTS) is 1. The third-order valence-corrected chi connectivity index (χ3v) is 3.94. The minimum absolute atomic E-state index is 0.221. The van der Waals surface area contributed by atoms with Gasteiger partial charge in [-0.25, -0.2) is 4.79 Å². The third-order valence-electron chi connectivity index (χ3n) is 3.94. The molecule has 0 radical (unpaired) electrons. The zero-order valence-electron chi connectivity index (χ0n) is 15.3. The van der Waals surface area contributed by atoms with Crippen molar-refractivity contribution < 1.29 is 19.4 Å². The minimum Gasteiger partial charge on any atom is -0.477 e. The number of benzene rings is 3. The van der Waals surface area contributed by atoms with Crippen LogP contribution in [0.3, 0.4) is 0 Å². The zero-order chi connectivity index (χ0) is 19.9. The fourth-order valence-corrected chi connectivity index (χ4v) is 2.51. The number of nitrogens with one attached hydrogen (secondary N) is 1. The molecule has 0 saturated carbocycles. The molecule has 0 unspecified atom stereocenters. The van der Waals surface area contributed by atoms with E-state index >= 15 is 0 Å². The van der Waals surface area contributed by atoms with Gasteiger partial charge in [0.25, 0.3) is 5.91 Å². The Balaban J connectivity index is 1.80. The monoisotopic (exact) mass is 373 g/mol. The number of hydrogen-bond acceptors (Lipinski definition) is 3. The maximum Gasteiger partial charge on any atom is 0.352 e. The Morgan fingerprint density at radius 3 is 2.29 bits per heavy atom. The van der Waals surface area contributed by atoms with Crippen molar-refractivity contribution in [1.29, 1.82) is 0 Å². The van der Waals surface area contributed by atoms with Crippen molar-refractivity contribution >= 4 is 18.0 Å². The lowest BCUT2D eigenvalue weighted by Crippen LogP contribution is -2.27. The molecule has 3 aromatic rings. The van der Waals surface area contributed by atoms with Gasteiger partial charge < -0.3 is 15.2 Å². The van der Waals surface area contributed by atoms with Crippen LogP contribution in [-0.2, 0) is 4.79 Å². The number of carbonyl (C=O) groups is 2. The van der Waals surface area contributed by atoms with Gasteiger partial charge in [-0.1, -0.05) is 48.0 Å². The summed E-state index contributed by atoms with van der Waals surface area (Å²) < 4.78 is 5.80. The van der Waals surface area contributed by atoms with Crippen LogP contribution in [0.2, 0.25) is 0 Å². The van der Waals surface area contributed by atoms with Crippen molar-refractivity contribution in [2.45, 2.75) is 6.92 Å². The van der Waals surface area contributed by atoms with Gasteiger partial charge in [0.2, 0.25) is 0 Å². The summed E-state index contributed by atoms with van der Waals surface area (Å²) in [5.74, 6) is -0.463. The molecule has 1 amide bonds. The number of aryl methyl sites for hydroxylation is 1. The maximum atomic E-state index is 12.2. The molecule has 0 aliphatic carbocycles. The Bertz CT molecular complexity index is 1010. The molecule has 0 atom stereocenters. The van der Waals surface area contributed by atoms with Gasteiger partial charge in [0.05, 0.1) is 0 Å². The predicted molar refractivity (Wildman–Crippen MR) is 107 cm³/mol. The lowest BCUT2D eigenvalue weighted by molar-refractivity contribution is -0.132. The largest absolute Gasteiger partial charge is 0.477 e. The second-order valence-corrected chi connectivity index (χ2v) is 6.17. The Morgan fingerprint density at radius 1 is 0.893 bits per heavy atom. The van der Waals surface area contributed by atoms with Crippen LogP contribution in [0.4, 0.5) is 0 Å². The fraction of sp³-hybridized carbons (Fsp3) is 0.0435. The highest BCUT2D eigenvalue weighted by Crippen LogP contribution is 2.23. The first-order chi connectivity index (χ1) is 13.5. The number of aliphatic carboxylic acids is 1. The molecule has 0 saturated heterocycles. The molecule has 5 heteroatoms. The predicted octanol–water partition coefficient (Wildman–Crippen LogP) is 4.64. The number of hydrogen-bond donors (Lipinski definition) is 2. The molecular formula is C23H19NO4. The molecule has 0 aliphatic heterocycles. The SMILES string of the molecule is Cc1ccc(Oc2cccc(/C=C(\NC(=O)c3ccccc3)C(=O)O)c2)cc1. The first-order valence-corrected chi connectivity index (χ1v) is 8.67. The molecule has 3 aromatic carbocycles. The van der Waals surface area contributed by atoms with Gasteiger partial charge in [-0.3, -0.25) is 4.79 Å². The molecule has 140 valence electrons. The van der Waals surface area contributed by atoms with Crippen LogP contribution in [0, 0.1) is 6.92 Å². The van der Waals surface area contributed by atoms with E-state index in [-0.39, 0.29) is 5.70 Å². The van der Waals surface area contributed by atoms with Crippen molar-refractivity contribution in [2.75, 3.05) is 0 Å². The number of rotatable bonds is 6. The maximum absolute atomic E-state index is 12.2. The second kappa shape index (κ2) is 8.68. The molecule has 5 nitrogen and oxygen atoms in total. The molecule has 0 fully saturated rings. The van der Waals surface area contributed by atoms with E-state index in [1.54, 1.807) is 54.6 Å². The van der Waals surface area contributed by atoms with E-state index in [1.165, 1.54) is 6.08 Å². The van der Waals surface area contributed by atoms with Gasteiger partial charge in [-0.15, -0.1) is 0 Å². The Labute approximate surface area is 162 Å². The first-order valence-electron chi connectivity index (χ1n) is 8.67. The van der Waals surface area contributed by atoms with E-state index in [2.05, 4.69) is 5.32 Å². The van der Waals surface area contributed by atoms with E-state index < -0.39 is 11.9 Å². The number of carbonyl (C=O) groups excluding carboxylic acids is 1. The van der Waals surface area contributed by atoms with E-state index in [0.717, 1.165) is 5.56 Å². The topological polar surface area (TPSA) is 75.6 Å². The van der Waals surface area contributed by atoms with Crippen LogP contribution >= 0.6 is 0 Å². The highest BCUT2D eigenvalue weighted by molar-refractivity contribution is 6.02. The summed E-state index contributed by atoms with van der Waals surface area (Å²) in [6.07, 6.45) is 1.39. The molecule has 0 heterocycles. The van der Waals surface area contributed by atoms with Gasteiger partial charge in [-0.2, -0.15) is 0 Å². The van der Waals surface area contributed by atoms with Crippen LogP contribution in [0.15, 0.2) is 84.6 Å². The number of amides is 1. The van der Waals surface area contributed by atoms with Crippen molar-refractivity contribution in [3.8, 4) is 11.5 Å². The van der Waals surface area contributed by atoms with Crippen LogP contribution in [0.5, 0.6) is 11.5 Å². The average Bonchev–Trinajstić information content (AvgIpc) is 2.70. The number of carboxylic acids is 1. The molecule has 28 heavy (non-hydrogen) atoms. The molecule has 0 bridgehead atoms. The quantitative estimate of drug-likeness (QED) is 0.617. The Morgan fingerprint density at radius 2 is 1.61 bits per heavy atom. The molecule has 3 rings (SSSR count). The van der Waals surface area contributed by atoms with E-state index in [4.69, 9.17) is 4.74 Å². The summed E-state index contributed by atoms with van der Waals surface area (Å²) in [6.45, 7) is 1.99. The first kappa shape index (κ1) is 18.9. The van der Waals surface area contributed by atoms with Crippen LogP contribution in [0.25, 0.3) is 6.08 Å². The summed E-state index contributed by atoms with van der Waals surface area (Å²) in [4.78, 5) is 23.8. The summed E-state index contributed by atoms with van der Waals surface area (Å²) in [5.41, 5.74) is 1.88. The Hall–Kier alpha value is -3.86. The molecule has 0 spiro atoms. The van der Waals surface area contributed by atoms with Gasteiger partial charge >= 0.3 is 5.97 Å². The van der Waals surface area contributed by atoms with Crippen molar-refractivity contribution in [1.82, 2.24) is 5.32 Å². The van der Waals surface area contributed by atoms with E-state index in [1.807, 2.05) is 31.2 Å². The third kappa shape index (κ3) is 5.08. The van der Waals surface area contributed by atoms with E-state index in [9.17, 15) is 14.7 Å².